The lowest BCUT2D eigenvalue weighted by Gasteiger charge is -2.09. The molecule has 4 aromatic rings. The summed E-state index contributed by atoms with van der Waals surface area (Å²) in [5.74, 6) is 1.46. The molecule has 140 valence electrons. The predicted molar refractivity (Wildman–Crippen MR) is 115 cm³/mol. The predicted octanol–water partition coefficient (Wildman–Crippen LogP) is 5.33. The third kappa shape index (κ3) is 3.79. The van der Waals surface area contributed by atoms with Gasteiger partial charge < -0.3 is 0 Å². The lowest BCUT2D eigenvalue weighted by molar-refractivity contribution is 0.731. The van der Waals surface area contributed by atoms with Crippen LogP contribution in [0.3, 0.4) is 0 Å². The van der Waals surface area contributed by atoms with Crippen molar-refractivity contribution >= 4 is 34.4 Å². The smallest absolute Gasteiger partial charge is 0.192 e. The SMILES string of the molecule is C=CCn1c(SCc2nc3ccccc3nc2C)nnc1-c1ccc(Cl)cc1. The molecule has 0 aliphatic carbocycles. The molecule has 0 N–H and O–H groups in total. The van der Waals surface area contributed by atoms with Crippen LogP contribution in [0.2, 0.25) is 5.02 Å². The summed E-state index contributed by atoms with van der Waals surface area (Å²) in [6.07, 6.45) is 1.84. The molecule has 0 unspecified atom stereocenters. The Balaban J connectivity index is 1.62. The summed E-state index contributed by atoms with van der Waals surface area (Å²) in [6, 6.07) is 15.5. The third-order valence-corrected chi connectivity index (χ3v) is 5.54. The molecule has 0 radical (unpaired) electrons. The lowest BCUT2D eigenvalue weighted by Crippen LogP contribution is -2.02. The highest BCUT2D eigenvalue weighted by Crippen LogP contribution is 2.28. The summed E-state index contributed by atoms with van der Waals surface area (Å²) in [5, 5.41) is 10.3. The second-order valence-corrected chi connectivity index (χ2v) is 7.62. The summed E-state index contributed by atoms with van der Waals surface area (Å²) >= 11 is 7.60. The third-order valence-electron chi connectivity index (χ3n) is 4.31. The molecule has 4 rings (SSSR count). The van der Waals surface area contributed by atoms with Crippen LogP contribution in [0.25, 0.3) is 22.4 Å². The Bertz CT molecular complexity index is 1140. The highest BCUT2D eigenvalue weighted by Gasteiger charge is 2.15. The molecule has 0 amide bonds. The largest absolute Gasteiger partial charge is 0.298 e. The Morgan fingerprint density at radius 2 is 1.75 bits per heavy atom. The van der Waals surface area contributed by atoms with Crippen molar-refractivity contribution in [3.05, 3.63) is 77.6 Å². The van der Waals surface area contributed by atoms with Gasteiger partial charge in [0, 0.05) is 22.9 Å². The van der Waals surface area contributed by atoms with Crippen LogP contribution >= 0.6 is 23.4 Å². The highest BCUT2D eigenvalue weighted by molar-refractivity contribution is 7.98. The van der Waals surface area contributed by atoms with E-state index in [9.17, 15) is 0 Å². The molecule has 0 atom stereocenters. The number of benzene rings is 2. The fraction of sp³-hybridized carbons (Fsp3) is 0.143. The second kappa shape index (κ2) is 8.12. The van der Waals surface area contributed by atoms with E-state index >= 15 is 0 Å². The quantitative estimate of drug-likeness (QED) is 0.319. The first-order chi connectivity index (χ1) is 13.7. The van der Waals surface area contributed by atoms with Crippen LogP contribution in [-0.4, -0.2) is 24.7 Å². The number of thioether (sulfide) groups is 1. The number of aryl methyl sites for hydroxylation is 1. The van der Waals surface area contributed by atoms with E-state index in [1.165, 1.54) is 0 Å². The molecular weight excluding hydrogens is 390 g/mol. The number of nitrogens with zero attached hydrogens (tertiary/aromatic N) is 5. The van der Waals surface area contributed by atoms with Crippen molar-refractivity contribution in [3.63, 3.8) is 0 Å². The molecule has 2 heterocycles. The maximum Gasteiger partial charge on any atom is 0.192 e. The number of rotatable bonds is 6. The van der Waals surface area contributed by atoms with Gasteiger partial charge in [0.2, 0.25) is 0 Å². The Labute approximate surface area is 172 Å². The molecule has 0 bridgehead atoms. The number of allylic oxidation sites excluding steroid dienone is 1. The van der Waals surface area contributed by atoms with Crippen molar-refractivity contribution in [1.29, 1.82) is 0 Å². The topological polar surface area (TPSA) is 56.5 Å². The normalized spacial score (nSPS) is 11.1. The molecule has 0 saturated carbocycles. The molecule has 5 nitrogen and oxygen atoms in total. The Morgan fingerprint density at radius 3 is 2.46 bits per heavy atom. The summed E-state index contributed by atoms with van der Waals surface area (Å²) in [5.41, 5.74) is 4.66. The van der Waals surface area contributed by atoms with E-state index in [1.54, 1.807) is 11.8 Å². The van der Waals surface area contributed by atoms with Gasteiger partial charge in [0.1, 0.15) is 0 Å². The number of fused-ring (bicyclic) bond motifs is 1. The minimum Gasteiger partial charge on any atom is -0.298 e. The molecule has 0 aliphatic rings. The summed E-state index contributed by atoms with van der Waals surface area (Å²) in [7, 11) is 0. The van der Waals surface area contributed by atoms with Gasteiger partial charge in [-0.05, 0) is 43.3 Å². The fourth-order valence-corrected chi connectivity index (χ4v) is 3.98. The average molecular weight is 408 g/mol. The molecule has 0 spiro atoms. The van der Waals surface area contributed by atoms with Crippen molar-refractivity contribution in [2.45, 2.75) is 24.4 Å². The molecule has 28 heavy (non-hydrogen) atoms. The van der Waals surface area contributed by atoms with E-state index in [-0.39, 0.29) is 0 Å². The van der Waals surface area contributed by atoms with E-state index in [0.29, 0.717) is 17.3 Å². The van der Waals surface area contributed by atoms with Crippen molar-refractivity contribution in [3.8, 4) is 11.4 Å². The standard InChI is InChI=1S/C21H18ClN5S/c1-3-12-27-20(15-8-10-16(22)11-9-15)25-26-21(27)28-13-19-14(2)23-17-6-4-5-7-18(17)24-19/h3-11H,1,12-13H2,2H3. The van der Waals surface area contributed by atoms with E-state index < -0.39 is 0 Å². The van der Waals surface area contributed by atoms with Crippen molar-refractivity contribution in [1.82, 2.24) is 24.7 Å². The highest BCUT2D eigenvalue weighted by atomic mass is 35.5. The minimum absolute atomic E-state index is 0.621. The average Bonchev–Trinajstić information content (AvgIpc) is 3.10. The van der Waals surface area contributed by atoms with E-state index in [4.69, 9.17) is 16.6 Å². The van der Waals surface area contributed by atoms with Gasteiger partial charge in [0.25, 0.3) is 0 Å². The van der Waals surface area contributed by atoms with Gasteiger partial charge in [-0.3, -0.25) is 4.57 Å². The second-order valence-electron chi connectivity index (χ2n) is 6.25. The van der Waals surface area contributed by atoms with Gasteiger partial charge in [-0.1, -0.05) is 41.6 Å². The van der Waals surface area contributed by atoms with Crippen molar-refractivity contribution < 1.29 is 0 Å². The zero-order chi connectivity index (χ0) is 19.5. The molecule has 0 fully saturated rings. The van der Waals surface area contributed by atoms with Crippen LogP contribution in [0.1, 0.15) is 11.4 Å². The maximum absolute atomic E-state index is 6.00. The van der Waals surface area contributed by atoms with Crippen LogP contribution in [0.15, 0.2) is 66.3 Å². The number of para-hydroxylation sites is 2. The van der Waals surface area contributed by atoms with Crippen molar-refractivity contribution in [2.75, 3.05) is 0 Å². The number of hydrogen-bond acceptors (Lipinski definition) is 5. The zero-order valence-corrected chi connectivity index (χ0v) is 16.9. The van der Waals surface area contributed by atoms with Gasteiger partial charge in [-0.2, -0.15) is 0 Å². The van der Waals surface area contributed by atoms with E-state index in [1.807, 2.05) is 66.1 Å². The summed E-state index contributed by atoms with van der Waals surface area (Å²) in [6.45, 7) is 6.47. The zero-order valence-electron chi connectivity index (χ0n) is 15.3. The van der Waals surface area contributed by atoms with E-state index in [2.05, 4.69) is 21.8 Å². The summed E-state index contributed by atoms with van der Waals surface area (Å²) in [4.78, 5) is 9.42. The Hall–Kier alpha value is -2.70. The van der Waals surface area contributed by atoms with Gasteiger partial charge in [0.15, 0.2) is 11.0 Å². The van der Waals surface area contributed by atoms with Crippen LogP contribution < -0.4 is 0 Å². The molecular formula is C21H18ClN5S. The van der Waals surface area contributed by atoms with Crippen molar-refractivity contribution in [2.24, 2.45) is 0 Å². The first kappa shape index (κ1) is 18.7. The van der Waals surface area contributed by atoms with Gasteiger partial charge in [0.05, 0.1) is 22.4 Å². The lowest BCUT2D eigenvalue weighted by atomic mass is 10.2. The number of halogens is 1. The van der Waals surface area contributed by atoms with Crippen LogP contribution in [-0.2, 0) is 12.3 Å². The van der Waals surface area contributed by atoms with Crippen LogP contribution in [0.4, 0.5) is 0 Å². The monoisotopic (exact) mass is 407 g/mol. The summed E-state index contributed by atoms with van der Waals surface area (Å²) < 4.78 is 2.05. The molecule has 7 heteroatoms. The number of aromatic nitrogens is 5. The fourth-order valence-electron chi connectivity index (χ4n) is 2.90. The molecule has 2 aromatic carbocycles. The Kier molecular flexibility index (Phi) is 5.41. The van der Waals surface area contributed by atoms with Crippen LogP contribution in [0, 0.1) is 6.92 Å². The van der Waals surface area contributed by atoms with Crippen LogP contribution in [0.5, 0.6) is 0 Å². The molecule has 2 aromatic heterocycles. The Morgan fingerprint density at radius 1 is 1.04 bits per heavy atom. The first-order valence-electron chi connectivity index (χ1n) is 8.81. The van der Waals surface area contributed by atoms with Gasteiger partial charge in [-0.15, -0.1) is 16.8 Å². The number of hydrogen-bond donors (Lipinski definition) is 0. The molecule has 0 aliphatic heterocycles. The van der Waals surface area contributed by atoms with Gasteiger partial charge >= 0.3 is 0 Å². The maximum atomic E-state index is 6.00. The first-order valence-corrected chi connectivity index (χ1v) is 10.2. The van der Waals surface area contributed by atoms with Gasteiger partial charge in [-0.25, -0.2) is 9.97 Å². The molecule has 0 saturated heterocycles. The van der Waals surface area contributed by atoms with E-state index in [0.717, 1.165) is 39.0 Å². The minimum atomic E-state index is 0.621.